The molecule has 4 N–H and O–H groups in total. The van der Waals surface area contributed by atoms with Crippen molar-refractivity contribution in [3.8, 4) is 56.5 Å². The Bertz CT molecular complexity index is 1280. The van der Waals surface area contributed by atoms with Crippen molar-refractivity contribution in [2.45, 2.75) is 6.92 Å². The molecule has 0 saturated carbocycles. The summed E-state index contributed by atoms with van der Waals surface area (Å²) in [5, 5.41) is 40.9. The van der Waals surface area contributed by atoms with Gasteiger partial charge in [0.05, 0.1) is 11.3 Å². The predicted molar refractivity (Wildman–Crippen MR) is 128 cm³/mol. The van der Waals surface area contributed by atoms with Gasteiger partial charge in [0.1, 0.15) is 7.85 Å². The molecule has 0 amide bonds. The maximum absolute atomic E-state index is 10.4. The number of hydrogen-bond donors (Lipinski definition) is 4. The number of phenolic OH excluding ortho intramolecular Hbond substituents is 4. The highest BCUT2D eigenvalue weighted by Crippen LogP contribution is 2.47. The van der Waals surface area contributed by atoms with Crippen LogP contribution >= 0.6 is 15.9 Å². The van der Waals surface area contributed by atoms with Crippen molar-refractivity contribution in [3.63, 3.8) is 0 Å². The van der Waals surface area contributed by atoms with Crippen molar-refractivity contribution >= 4 is 29.2 Å². The standard InChI is InChI=1S/C24H19BBrNO4/c1-12-10-18(14-8-6-13(7-9-14)15-4-2-3-5-17(15)26)27-11-16(12)19-21(28)23(30)20(25)24(31)22(19)29/h2-11,28-31H,25H2,1H3. The number of rotatable bonds is 3. The first-order valence-corrected chi connectivity index (χ1v) is 10.4. The van der Waals surface area contributed by atoms with Crippen molar-refractivity contribution in [1.29, 1.82) is 0 Å². The molecule has 3 aromatic carbocycles. The van der Waals surface area contributed by atoms with E-state index in [9.17, 15) is 20.4 Å². The van der Waals surface area contributed by atoms with Gasteiger partial charge >= 0.3 is 0 Å². The van der Waals surface area contributed by atoms with Crippen LogP contribution in [0.3, 0.4) is 0 Å². The number of phenols is 4. The lowest BCUT2D eigenvalue weighted by atomic mass is 9.88. The summed E-state index contributed by atoms with van der Waals surface area (Å²) < 4.78 is 1.02. The number of aromatic nitrogens is 1. The van der Waals surface area contributed by atoms with Crippen LogP contribution in [0.1, 0.15) is 5.56 Å². The minimum absolute atomic E-state index is 0.00567. The largest absolute Gasteiger partial charge is 0.505 e. The molecule has 7 heteroatoms. The summed E-state index contributed by atoms with van der Waals surface area (Å²) in [5.74, 6) is -1.95. The number of halogens is 1. The molecule has 4 aromatic rings. The third-order valence-corrected chi connectivity index (χ3v) is 6.07. The van der Waals surface area contributed by atoms with Gasteiger partial charge in [-0.3, -0.25) is 4.98 Å². The predicted octanol–water partition coefficient (Wildman–Crippen LogP) is 4.23. The molecular weight excluding hydrogens is 457 g/mol. The minimum atomic E-state index is -0.497. The van der Waals surface area contributed by atoms with Crippen LogP contribution in [0.5, 0.6) is 23.0 Å². The summed E-state index contributed by atoms with van der Waals surface area (Å²) in [6.07, 6.45) is 1.51. The van der Waals surface area contributed by atoms with Crippen LogP contribution in [-0.4, -0.2) is 33.3 Å². The van der Waals surface area contributed by atoms with Crippen LogP contribution < -0.4 is 5.46 Å². The van der Waals surface area contributed by atoms with Gasteiger partial charge in [0.2, 0.25) is 0 Å². The third-order valence-electron chi connectivity index (χ3n) is 5.38. The molecule has 1 heterocycles. The van der Waals surface area contributed by atoms with E-state index in [2.05, 4.69) is 20.9 Å². The number of benzene rings is 3. The van der Waals surface area contributed by atoms with E-state index in [4.69, 9.17) is 0 Å². The maximum atomic E-state index is 10.4. The van der Waals surface area contributed by atoms with E-state index < -0.39 is 23.0 Å². The van der Waals surface area contributed by atoms with Crippen molar-refractivity contribution in [1.82, 2.24) is 4.98 Å². The van der Waals surface area contributed by atoms with E-state index in [1.54, 1.807) is 0 Å². The zero-order valence-electron chi connectivity index (χ0n) is 16.9. The highest BCUT2D eigenvalue weighted by Gasteiger charge is 2.23. The second kappa shape index (κ2) is 8.00. The average Bonchev–Trinajstić information content (AvgIpc) is 2.78. The molecule has 31 heavy (non-hydrogen) atoms. The van der Waals surface area contributed by atoms with Crippen molar-refractivity contribution in [2.24, 2.45) is 0 Å². The molecule has 4 rings (SSSR count). The van der Waals surface area contributed by atoms with E-state index in [-0.39, 0.29) is 11.0 Å². The maximum Gasteiger partial charge on any atom is 0.168 e. The fraction of sp³-hybridized carbons (Fsp3) is 0.0417. The molecule has 0 saturated heterocycles. The molecule has 0 fully saturated rings. The van der Waals surface area contributed by atoms with E-state index >= 15 is 0 Å². The molecule has 0 unspecified atom stereocenters. The van der Waals surface area contributed by atoms with Crippen molar-refractivity contribution in [3.05, 3.63) is 70.8 Å². The van der Waals surface area contributed by atoms with E-state index in [0.29, 0.717) is 11.1 Å². The molecular formula is C24H19BBrNO4. The first kappa shape index (κ1) is 20.8. The van der Waals surface area contributed by atoms with Gasteiger partial charge in [0.25, 0.3) is 0 Å². The lowest BCUT2D eigenvalue weighted by Crippen LogP contribution is -2.05. The quantitative estimate of drug-likeness (QED) is 0.202. The lowest BCUT2D eigenvalue weighted by molar-refractivity contribution is 0.380. The summed E-state index contributed by atoms with van der Waals surface area (Å²) in [5.41, 5.74) is 4.88. The van der Waals surface area contributed by atoms with Crippen LogP contribution in [-0.2, 0) is 0 Å². The van der Waals surface area contributed by atoms with Gasteiger partial charge in [-0.05, 0) is 35.7 Å². The molecule has 0 aliphatic rings. The monoisotopic (exact) mass is 475 g/mol. The SMILES string of the molecule is Bc1c(O)c(O)c(-c2cnc(-c3ccc(-c4ccccc4Br)cc3)cc2C)c(O)c1O. The van der Waals surface area contributed by atoms with E-state index in [1.165, 1.54) is 14.0 Å². The molecule has 0 radical (unpaired) electrons. The molecule has 0 atom stereocenters. The topological polar surface area (TPSA) is 93.8 Å². The van der Waals surface area contributed by atoms with Crippen molar-refractivity contribution < 1.29 is 20.4 Å². The summed E-state index contributed by atoms with van der Waals surface area (Å²) in [4.78, 5) is 4.48. The lowest BCUT2D eigenvalue weighted by Gasteiger charge is -2.15. The van der Waals surface area contributed by atoms with E-state index in [1.807, 2.05) is 61.5 Å². The van der Waals surface area contributed by atoms with Gasteiger partial charge < -0.3 is 20.4 Å². The molecule has 0 aliphatic heterocycles. The minimum Gasteiger partial charge on any atom is -0.505 e. The number of pyridine rings is 1. The first-order valence-electron chi connectivity index (χ1n) is 9.58. The summed E-state index contributed by atoms with van der Waals surface area (Å²) in [6.45, 7) is 1.81. The highest BCUT2D eigenvalue weighted by atomic mass is 79.9. The molecule has 5 nitrogen and oxygen atoms in total. The van der Waals surface area contributed by atoms with Crippen LogP contribution in [0.4, 0.5) is 0 Å². The van der Waals surface area contributed by atoms with E-state index in [0.717, 1.165) is 26.9 Å². The fourth-order valence-corrected chi connectivity index (χ4v) is 4.08. The van der Waals surface area contributed by atoms with Crippen LogP contribution in [0.15, 0.2) is 65.3 Å². The second-order valence-corrected chi connectivity index (χ2v) is 8.19. The van der Waals surface area contributed by atoms with Gasteiger partial charge in [-0.1, -0.05) is 58.4 Å². The smallest absolute Gasteiger partial charge is 0.168 e. The second-order valence-electron chi connectivity index (χ2n) is 7.34. The summed E-state index contributed by atoms with van der Waals surface area (Å²) in [6, 6.07) is 17.8. The Hall–Kier alpha value is -3.45. The Kier molecular flexibility index (Phi) is 5.37. The van der Waals surface area contributed by atoms with Gasteiger partial charge in [0.15, 0.2) is 23.0 Å². The number of aromatic hydroxyl groups is 4. The Balaban J connectivity index is 1.73. The van der Waals surface area contributed by atoms with Gasteiger partial charge in [-0.15, -0.1) is 0 Å². The summed E-state index contributed by atoms with van der Waals surface area (Å²) in [7, 11) is 1.40. The number of aryl methyl sites for hydroxylation is 1. The fourth-order valence-electron chi connectivity index (χ4n) is 3.56. The Morgan fingerprint density at radius 1 is 0.774 bits per heavy atom. The average molecular weight is 476 g/mol. The van der Waals surface area contributed by atoms with Crippen LogP contribution in [0.25, 0.3) is 33.5 Å². The number of hydrogen-bond acceptors (Lipinski definition) is 5. The molecule has 0 aliphatic carbocycles. The zero-order valence-corrected chi connectivity index (χ0v) is 18.5. The highest BCUT2D eigenvalue weighted by molar-refractivity contribution is 9.10. The molecule has 0 spiro atoms. The van der Waals surface area contributed by atoms with Crippen LogP contribution in [0.2, 0.25) is 0 Å². The molecule has 154 valence electrons. The van der Waals surface area contributed by atoms with Crippen molar-refractivity contribution in [2.75, 3.05) is 0 Å². The van der Waals surface area contributed by atoms with Gasteiger partial charge in [-0.2, -0.15) is 0 Å². The Morgan fingerprint density at radius 2 is 1.35 bits per heavy atom. The Labute approximate surface area is 188 Å². The molecule has 0 bridgehead atoms. The van der Waals surface area contributed by atoms with Crippen LogP contribution in [0, 0.1) is 6.92 Å². The zero-order chi connectivity index (χ0) is 22.3. The number of nitrogens with zero attached hydrogens (tertiary/aromatic N) is 1. The third kappa shape index (κ3) is 3.61. The van der Waals surface area contributed by atoms with Gasteiger partial charge in [-0.25, -0.2) is 0 Å². The summed E-state index contributed by atoms with van der Waals surface area (Å²) >= 11 is 3.57. The first-order chi connectivity index (χ1) is 14.8. The molecule has 1 aromatic heterocycles. The Morgan fingerprint density at radius 3 is 1.94 bits per heavy atom. The van der Waals surface area contributed by atoms with Gasteiger partial charge in [0, 0.05) is 27.3 Å². The normalized spacial score (nSPS) is 10.9.